The summed E-state index contributed by atoms with van der Waals surface area (Å²) in [7, 11) is 1.56. The van der Waals surface area contributed by atoms with Crippen LogP contribution in [-0.4, -0.2) is 45.9 Å². The predicted octanol–water partition coefficient (Wildman–Crippen LogP) is 3.56. The Morgan fingerprint density at radius 1 is 1.40 bits per heavy atom. The average Bonchev–Trinajstić information content (AvgIpc) is 3.22. The number of fused-ring (bicyclic) bond motifs is 1. The molecule has 0 aliphatic rings. The molecule has 9 nitrogen and oxygen atoms in total. The van der Waals surface area contributed by atoms with Crippen LogP contribution in [0.15, 0.2) is 43.2 Å². The van der Waals surface area contributed by atoms with Crippen LogP contribution in [0.2, 0.25) is 0 Å². The Morgan fingerprint density at radius 3 is 2.97 bits per heavy atom. The van der Waals surface area contributed by atoms with E-state index in [4.69, 9.17) is 14.2 Å². The molecule has 1 N–H and O–H groups in total. The first kappa shape index (κ1) is 21.1. The van der Waals surface area contributed by atoms with Gasteiger partial charge < -0.3 is 19.5 Å². The van der Waals surface area contributed by atoms with Gasteiger partial charge in [0.15, 0.2) is 0 Å². The molecule has 0 spiro atoms. The Balaban J connectivity index is 2.00. The fourth-order valence-electron chi connectivity index (χ4n) is 2.82. The second-order valence-electron chi connectivity index (χ2n) is 6.40. The Kier molecular flexibility index (Phi) is 6.84. The molecule has 3 aromatic rings. The quantitative estimate of drug-likeness (QED) is 0.424. The number of aromatic nitrogens is 4. The molecule has 0 fully saturated rings. The number of hydrogen-bond acceptors (Lipinski definition) is 7. The van der Waals surface area contributed by atoms with Crippen LogP contribution in [-0.2, 0) is 4.74 Å². The summed E-state index contributed by atoms with van der Waals surface area (Å²) < 4.78 is 18.3. The van der Waals surface area contributed by atoms with Crippen LogP contribution in [0.4, 0.5) is 4.79 Å². The standard InChI is InChI=1S/C21H25N5O4/c1-5-7-10-29-20-25-18(11-15-8-9-24-26(15)20)16-12-17(23-13-19(16)28-4)14(3)30-21(27)22-6-2/h5,8-9,11-14H,1,6-7,10H2,2-4H3,(H,22,27). The Bertz CT molecular complexity index is 1030. The van der Waals surface area contributed by atoms with Crippen molar-refractivity contribution in [3.63, 3.8) is 0 Å². The maximum atomic E-state index is 11.8. The molecule has 158 valence electrons. The Hall–Kier alpha value is -3.62. The van der Waals surface area contributed by atoms with Crippen LogP contribution in [0, 0.1) is 0 Å². The van der Waals surface area contributed by atoms with E-state index >= 15 is 0 Å². The smallest absolute Gasteiger partial charge is 0.407 e. The van der Waals surface area contributed by atoms with Crippen molar-refractivity contribution in [1.82, 2.24) is 24.9 Å². The number of hydrogen-bond donors (Lipinski definition) is 1. The lowest BCUT2D eigenvalue weighted by Gasteiger charge is -2.16. The number of pyridine rings is 1. The van der Waals surface area contributed by atoms with Crippen molar-refractivity contribution in [2.45, 2.75) is 26.4 Å². The lowest BCUT2D eigenvalue weighted by atomic mass is 10.1. The van der Waals surface area contributed by atoms with Gasteiger partial charge in [0.2, 0.25) is 0 Å². The zero-order chi connectivity index (χ0) is 21.5. The molecule has 0 bridgehead atoms. The minimum absolute atomic E-state index is 0.362. The van der Waals surface area contributed by atoms with Gasteiger partial charge in [-0.05, 0) is 38.5 Å². The van der Waals surface area contributed by atoms with Crippen molar-refractivity contribution in [2.24, 2.45) is 0 Å². The van der Waals surface area contributed by atoms with Crippen molar-refractivity contribution >= 4 is 11.6 Å². The highest BCUT2D eigenvalue weighted by atomic mass is 16.6. The summed E-state index contributed by atoms with van der Waals surface area (Å²) in [5.74, 6) is 0.539. The Labute approximate surface area is 174 Å². The van der Waals surface area contributed by atoms with E-state index in [1.165, 1.54) is 0 Å². The third-order valence-corrected chi connectivity index (χ3v) is 4.31. The normalized spacial score (nSPS) is 11.7. The minimum Gasteiger partial charge on any atom is -0.494 e. The van der Waals surface area contributed by atoms with Gasteiger partial charge in [0.1, 0.15) is 11.9 Å². The predicted molar refractivity (Wildman–Crippen MR) is 112 cm³/mol. The average molecular weight is 411 g/mol. The highest BCUT2D eigenvalue weighted by molar-refractivity contribution is 5.71. The van der Waals surface area contributed by atoms with Crippen molar-refractivity contribution in [1.29, 1.82) is 0 Å². The monoisotopic (exact) mass is 411 g/mol. The third-order valence-electron chi connectivity index (χ3n) is 4.31. The van der Waals surface area contributed by atoms with Crippen molar-refractivity contribution < 1.29 is 19.0 Å². The number of nitrogens with one attached hydrogen (secondary N) is 1. The molecule has 30 heavy (non-hydrogen) atoms. The van der Waals surface area contributed by atoms with Gasteiger partial charge in [-0.25, -0.2) is 4.79 Å². The molecule has 0 saturated heterocycles. The van der Waals surface area contributed by atoms with E-state index in [2.05, 4.69) is 27.0 Å². The molecular formula is C21H25N5O4. The van der Waals surface area contributed by atoms with Crippen molar-refractivity contribution in [3.05, 3.63) is 48.9 Å². The molecule has 0 aliphatic carbocycles. The zero-order valence-electron chi connectivity index (χ0n) is 17.3. The summed E-state index contributed by atoms with van der Waals surface area (Å²) in [4.78, 5) is 20.8. The second-order valence-corrected chi connectivity index (χ2v) is 6.40. The molecular weight excluding hydrogens is 386 g/mol. The van der Waals surface area contributed by atoms with Crippen molar-refractivity contribution in [3.8, 4) is 23.0 Å². The van der Waals surface area contributed by atoms with Gasteiger partial charge in [-0.1, -0.05) is 6.08 Å². The van der Waals surface area contributed by atoms with Gasteiger partial charge in [-0.3, -0.25) is 4.98 Å². The third kappa shape index (κ3) is 4.68. The first-order valence-corrected chi connectivity index (χ1v) is 9.64. The molecule has 1 unspecified atom stereocenters. The van der Waals surface area contributed by atoms with Crippen molar-refractivity contribution in [2.75, 3.05) is 20.3 Å². The molecule has 9 heteroatoms. The summed E-state index contributed by atoms with van der Waals surface area (Å²) in [5, 5.41) is 6.87. The number of ether oxygens (including phenoxy) is 3. The van der Waals surface area contributed by atoms with Gasteiger partial charge in [0.05, 0.1) is 43.0 Å². The van der Waals surface area contributed by atoms with E-state index in [1.807, 2.05) is 19.1 Å². The van der Waals surface area contributed by atoms with Crippen LogP contribution in [0.25, 0.3) is 16.8 Å². The number of carbonyl (C=O) groups excluding carboxylic acids is 1. The van der Waals surface area contributed by atoms with Gasteiger partial charge >= 0.3 is 12.1 Å². The maximum Gasteiger partial charge on any atom is 0.407 e. The topological polar surface area (TPSA) is 99.9 Å². The molecule has 3 rings (SSSR count). The van der Waals surface area contributed by atoms with Gasteiger partial charge in [0, 0.05) is 12.1 Å². The lowest BCUT2D eigenvalue weighted by molar-refractivity contribution is 0.105. The van der Waals surface area contributed by atoms with E-state index in [-0.39, 0.29) is 0 Å². The number of amides is 1. The van der Waals surface area contributed by atoms with E-state index in [0.717, 1.165) is 5.52 Å². The maximum absolute atomic E-state index is 11.8. The first-order valence-electron chi connectivity index (χ1n) is 9.64. The van der Waals surface area contributed by atoms with E-state index < -0.39 is 12.2 Å². The molecule has 3 aromatic heterocycles. The van der Waals surface area contributed by atoms with Crippen LogP contribution in [0.5, 0.6) is 11.8 Å². The molecule has 0 aliphatic heterocycles. The lowest BCUT2D eigenvalue weighted by Crippen LogP contribution is -2.25. The summed E-state index contributed by atoms with van der Waals surface area (Å²) >= 11 is 0. The van der Waals surface area contributed by atoms with Gasteiger partial charge in [-0.15, -0.1) is 6.58 Å². The fourth-order valence-corrected chi connectivity index (χ4v) is 2.82. The number of rotatable bonds is 9. The van der Waals surface area contributed by atoms with Gasteiger partial charge in [0.25, 0.3) is 0 Å². The first-order chi connectivity index (χ1) is 14.6. The summed E-state index contributed by atoms with van der Waals surface area (Å²) in [6.45, 7) is 8.20. The molecule has 1 amide bonds. The molecule has 1 atom stereocenters. The summed E-state index contributed by atoms with van der Waals surface area (Å²) in [5.41, 5.74) is 2.72. The Morgan fingerprint density at radius 2 is 2.23 bits per heavy atom. The van der Waals surface area contributed by atoms with E-state index in [9.17, 15) is 4.79 Å². The summed E-state index contributed by atoms with van der Waals surface area (Å²) in [6.07, 6.45) is 4.68. The van der Waals surface area contributed by atoms with E-state index in [1.54, 1.807) is 43.1 Å². The highest BCUT2D eigenvalue weighted by Crippen LogP contribution is 2.32. The van der Waals surface area contributed by atoms with Crippen LogP contribution in [0.1, 0.15) is 32.1 Å². The van der Waals surface area contributed by atoms with Crippen LogP contribution >= 0.6 is 0 Å². The molecule has 3 heterocycles. The van der Waals surface area contributed by atoms with Gasteiger partial charge in [-0.2, -0.15) is 14.6 Å². The molecule has 0 saturated carbocycles. The number of methoxy groups -OCH3 is 1. The van der Waals surface area contributed by atoms with Crippen LogP contribution in [0.3, 0.4) is 0 Å². The number of alkyl carbamates (subject to hydrolysis) is 1. The molecule has 0 aromatic carbocycles. The fraction of sp³-hybridized carbons (Fsp3) is 0.333. The SMILES string of the molecule is C=CCCOc1nc(-c2cc(C(C)OC(=O)NCC)ncc2OC)cc2ccnn12. The minimum atomic E-state index is -0.553. The largest absolute Gasteiger partial charge is 0.494 e. The second kappa shape index (κ2) is 9.73. The zero-order valence-corrected chi connectivity index (χ0v) is 17.3. The summed E-state index contributed by atoms with van der Waals surface area (Å²) in [6, 6.07) is 5.90. The molecule has 0 radical (unpaired) electrons. The van der Waals surface area contributed by atoms with E-state index in [0.29, 0.717) is 48.3 Å². The van der Waals surface area contributed by atoms with Crippen LogP contribution < -0.4 is 14.8 Å². The highest BCUT2D eigenvalue weighted by Gasteiger charge is 2.18. The number of carbonyl (C=O) groups is 1. The number of nitrogens with zero attached hydrogens (tertiary/aromatic N) is 4.